The van der Waals surface area contributed by atoms with Gasteiger partial charge in [-0.15, -0.1) is 6.58 Å². The molecule has 0 aromatic heterocycles. The van der Waals surface area contributed by atoms with Crippen molar-refractivity contribution >= 4 is 23.8 Å². The average molecular weight is 680 g/mol. The number of ether oxygens (including phenoxy) is 1. The van der Waals surface area contributed by atoms with E-state index < -0.39 is 35.2 Å². The number of amides is 5. The maximum Gasteiger partial charge on any atom is 0.315 e. The van der Waals surface area contributed by atoms with Gasteiger partial charge in [0, 0.05) is 25.7 Å². The van der Waals surface area contributed by atoms with E-state index in [0.717, 1.165) is 44.1 Å². The number of nitrogens with one attached hydrogen (secondary N) is 4. The molecule has 49 heavy (non-hydrogen) atoms. The van der Waals surface area contributed by atoms with Crippen molar-refractivity contribution in [1.82, 2.24) is 26.2 Å². The quantitative estimate of drug-likeness (QED) is 0.184. The molecule has 1 aliphatic carbocycles. The Morgan fingerprint density at radius 3 is 2.31 bits per heavy atom. The van der Waals surface area contributed by atoms with Gasteiger partial charge in [-0.05, 0) is 62.8 Å². The molecule has 272 valence electrons. The Kier molecular flexibility index (Phi) is 14.9. The number of rotatable bonds is 15. The van der Waals surface area contributed by atoms with E-state index >= 15 is 0 Å². The van der Waals surface area contributed by atoms with E-state index in [1.165, 1.54) is 12.7 Å². The molecular formula is C39H61N5O5. The molecule has 10 heteroatoms. The van der Waals surface area contributed by atoms with Crippen LogP contribution in [0, 0.1) is 11.3 Å². The number of carbonyl (C=O) groups excluding carboxylic acids is 4. The second-order valence-corrected chi connectivity index (χ2v) is 15.2. The van der Waals surface area contributed by atoms with Crippen LogP contribution < -0.4 is 21.3 Å². The number of benzene rings is 1. The molecule has 1 saturated carbocycles. The molecule has 1 aromatic carbocycles. The Labute approximate surface area is 294 Å². The summed E-state index contributed by atoms with van der Waals surface area (Å²) >= 11 is 0. The summed E-state index contributed by atoms with van der Waals surface area (Å²) in [5, 5.41) is 12.2. The third-order valence-electron chi connectivity index (χ3n) is 9.68. The highest BCUT2D eigenvalue weighted by molar-refractivity contribution is 5.93. The Bertz CT molecular complexity index is 1300. The average Bonchev–Trinajstić information content (AvgIpc) is 3.46. The van der Waals surface area contributed by atoms with E-state index in [4.69, 9.17) is 4.74 Å². The Hall–Kier alpha value is -3.66. The second kappa shape index (κ2) is 18.4. The lowest BCUT2D eigenvalue weighted by molar-refractivity contribution is -0.143. The lowest BCUT2D eigenvalue weighted by atomic mass is 9.77. The number of allylic oxidation sites excluding steroid dienone is 1. The van der Waals surface area contributed by atoms with Gasteiger partial charge in [0.15, 0.2) is 6.10 Å². The lowest BCUT2D eigenvalue weighted by Crippen LogP contribution is -2.62. The van der Waals surface area contributed by atoms with E-state index in [1.54, 1.807) is 11.0 Å². The summed E-state index contributed by atoms with van der Waals surface area (Å²) in [6, 6.07) is 7.58. The van der Waals surface area contributed by atoms with Crippen molar-refractivity contribution in [2.75, 3.05) is 20.2 Å². The smallest absolute Gasteiger partial charge is 0.315 e. The van der Waals surface area contributed by atoms with Gasteiger partial charge in [-0.2, -0.15) is 0 Å². The Morgan fingerprint density at radius 2 is 1.73 bits per heavy atom. The summed E-state index contributed by atoms with van der Waals surface area (Å²) in [4.78, 5) is 57.0. The van der Waals surface area contributed by atoms with Crippen molar-refractivity contribution in [3.63, 3.8) is 0 Å². The summed E-state index contributed by atoms with van der Waals surface area (Å²) < 4.78 is 5.56. The number of carbonyl (C=O) groups is 4. The fourth-order valence-corrected chi connectivity index (χ4v) is 7.35. The van der Waals surface area contributed by atoms with Crippen molar-refractivity contribution in [3.05, 3.63) is 60.2 Å². The summed E-state index contributed by atoms with van der Waals surface area (Å²) in [7, 11) is 1.45. The molecule has 3 rings (SSSR count). The first-order valence-electron chi connectivity index (χ1n) is 18.0. The van der Waals surface area contributed by atoms with Crippen molar-refractivity contribution in [3.8, 4) is 0 Å². The van der Waals surface area contributed by atoms with Crippen LogP contribution in [0.15, 0.2) is 54.6 Å². The van der Waals surface area contributed by atoms with Gasteiger partial charge in [0.05, 0.1) is 6.04 Å². The highest BCUT2D eigenvalue weighted by atomic mass is 16.5. The van der Waals surface area contributed by atoms with Crippen LogP contribution >= 0.6 is 0 Å². The first-order valence-corrected chi connectivity index (χ1v) is 18.0. The van der Waals surface area contributed by atoms with E-state index in [0.29, 0.717) is 25.8 Å². The largest absolute Gasteiger partial charge is 0.369 e. The van der Waals surface area contributed by atoms with E-state index in [9.17, 15) is 19.2 Å². The SMILES string of the molecule is C=CCNC(=O)C(OC)C(CCC)NC(=O)[C@@H]1C[C@@H](C=C(C)C)CN1C(=O)[C@@H](NC(=O)NC1(Cc2ccccc2)CCCCC1)C(C)(C)C. The molecular weight excluding hydrogens is 618 g/mol. The predicted molar refractivity (Wildman–Crippen MR) is 195 cm³/mol. The molecule has 2 aliphatic rings. The zero-order valence-electron chi connectivity index (χ0n) is 30.9. The minimum Gasteiger partial charge on any atom is -0.369 e. The predicted octanol–water partition coefficient (Wildman–Crippen LogP) is 5.43. The summed E-state index contributed by atoms with van der Waals surface area (Å²) in [6.07, 6.45) is 10.1. The van der Waals surface area contributed by atoms with Crippen LogP contribution in [-0.2, 0) is 25.5 Å². The molecule has 0 bridgehead atoms. The topological polar surface area (TPSA) is 129 Å². The third-order valence-corrected chi connectivity index (χ3v) is 9.68. The van der Waals surface area contributed by atoms with E-state index in [1.807, 2.05) is 59.7 Å². The number of likely N-dealkylation sites (tertiary alicyclic amines) is 1. The standard InChI is InChI=1S/C39H61N5O5/c1-9-17-30(32(49-8)35(46)40-22-10-2)41-34(45)31-24-29(23-27(3)4)26-44(31)36(47)33(38(5,6)7)42-37(48)43-39(20-15-12-16-21-39)25-28-18-13-11-14-19-28/h10-11,13-14,18-19,23,29-33H,2,9,12,15-17,20-22,24-26H2,1,3-8H3,(H,40,46)(H,41,45)(H2,42,43,48)/t29-,30?,31+,32?,33-/m1/s1. The van der Waals surface area contributed by atoms with Crippen molar-refractivity contribution in [2.24, 2.45) is 11.3 Å². The summed E-state index contributed by atoms with van der Waals surface area (Å²) in [6.45, 7) is 16.0. The summed E-state index contributed by atoms with van der Waals surface area (Å²) in [5.41, 5.74) is 1.23. The fourth-order valence-electron chi connectivity index (χ4n) is 7.35. The van der Waals surface area contributed by atoms with Crippen LogP contribution in [0.1, 0.15) is 98.5 Å². The van der Waals surface area contributed by atoms with Crippen LogP contribution in [0.25, 0.3) is 0 Å². The number of hydrogen-bond donors (Lipinski definition) is 4. The molecule has 1 aliphatic heterocycles. The van der Waals surface area contributed by atoms with Crippen LogP contribution in [0.5, 0.6) is 0 Å². The normalized spacial score (nSPS) is 20.7. The van der Waals surface area contributed by atoms with Crippen molar-refractivity contribution < 1.29 is 23.9 Å². The highest BCUT2D eigenvalue weighted by Crippen LogP contribution is 2.33. The van der Waals surface area contributed by atoms with Gasteiger partial charge in [0.1, 0.15) is 12.1 Å². The van der Waals surface area contributed by atoms with Crippen LogP contribution in [0.2, 0.25) is 0 Å². The molecule has 1 aromatic rings. The van der Waals surface area contributed by atoms with Gasteiger partial charge >= 0.3 is 6.03 Å². The van der Waals surface area contributed by atoms with Gasteiger partial charge in [0.25, 0.3) is 5.91 Å². The molecule has 5 atom stereocenters. The fraction of sp³-hybridized carbons (Fsp3) is 0.641. The van der Waals surface area contributed by atoms with Crippen LogP contribution in [0.3, 0.4) is 0 Å². The molecule has 1 heterocycles. The van der Waals surface area contributed by atoms with Crippen LogP contribution in [0.4, 0.5) is 4.79 Å². The minimum absolute atomic E-state index is 0.0331. The van der Waals surface area contributed by atoms with Crippen molar-refractivity contribution in [1.29, 1.82) is 0 Å². The Morgan fingerprint density at radius 1 is 1.06 bits per heavy atom. The monoisotopic (exact) mass is 679 g/mol. The second-order valence-electron chi connectivity index (χ2n) is 15.2. The minimum atomic E-state index is -0.904. The molecule has 0 spiro atoms. The first-order chi connectivity index (χ1) is 23.2. The molecule has 2 fully saturated rings. The van der Waals surface area contributed by atoms with Gasteiger partial charge < -0.3 is 30.9 Å². The third kappa shape index (κ3) is 11.4. The van der Waals surface area contributed by atoms with Crippen LogP contribution in [-0.4, -0.2) is 78.6 Å². The molecule has 10 nitrogen and oxygen atoms in total. The molecule has 2 unspecified atom stereocenters. The van der Waals surface area contributed by atoms with Gasteiger partial charge in [-0.1, -0.05) is 101 Å². The highest BCUT2D eigenvalue weighted by Gasteiger charge is 2.46. The van der Waals surface area contributed by atoms with Crippen molar-refractivity contribution in [2.45, 2.75) is 129 Å². The molecule has 1 saturated heterocycles. The number of nitrogens with zero attached hydrogens (tertiary/aromatic N) is 1. The molecule has 4 N–H and O–H groups in total. The van der Waals surface area contributed by atoms with Gasteiger partial charge in [0.2, 0.25) is 11.8 Å². The lowest BCUT2D eigenvalue weighted by Gasteiger charge is -2.40. The maximum atomic E-state index is 14.5. The Balaban J connectivity index is 1.86. The zero-order chi connectivity index (χ0) is 36.2. The maximum absolute atomic E-state index is 14.5. The van der Waals surface area contributed by atoms with Gasteiger partial charge in [-0.25, -0.2) is 4.79 Å². The van der Waals surface area contributed by atoms with E-state index in [2.05, 4.69) is 46.1 Å². The molecule has 5 amide bonds. The van der Waals surface area contributed by atoms with Gasteiger partial charge in [-0.3, -0.25) is 14.4 Å². The summed E-state index contributed by atoms with van der Waals surface area (Å²) in [5.74, 6) is -1.01. The molecule has 0 radical (unpaired) electrons. The number of methoxy groups -OCH3 is 1. The van der Waals surface area contributed by atoms with E-state index in [-0.39, 0.29) is 36.2 Å². The first kappa shape index (κ1) is 39.8. The number of hydrogen-bond acceptors (Lipinski definition) is 5. The zero-order valence-corrected chi connectivity index (χ0v) is 30.9. The number of urea groups is 1.